The van der Waals surface area contributed by atoms with Crippen LogP contribution in [0, 0.1) is 5.92 Å². The van der Waals surface area contributed by atoms with Crippen molar-refractivity contribution in [1.29, 1.82) is 0 Å². The van der Waals surface area contributed by atoms with Gasteiger partial charge in [0.05, 0.1) is 19.1 Å². The highest BCUT2D eigenvalue weighted by molar-refractivity contribution is 5.79. The Labute approximate surface area is 126 Å². The highest BCUT2D eigenvalue weighted by Gasteiger charge is 2.31. The molecule has 0 bridgehead atoms. The molecule has 0 radical (unpaired) electrons. The second-order valence-corrected chi connectivity index (χ2v) is 5.66. The minimum absolute atomic E-state index is 0.0727. The molecule has 1 aromatic rings. The van der Waals surface area contributed by atoms with Crippen LogP contribution in [0.25, 0.3) is 0 Å². The van der Waals surface area contributed by atoms with Crippen LogP contribution in [0.5, 0.6) is 0 Å². The van der Waals surface area contributed by atoms with E-state index in [4.69, 9.17) is 4.74 Å². The number of amides is 1. The van der Waals surface area contributed by atoms with E-state index in [1.807, 2.05) is 17.9 Å². The van der Waals surface area contributed by atoms with Crippen LogP contribution in [-0.2, 0) is 16.1 Å². The van der Waals surface area contributed by atoms with Gasteiger partial charge in [0.2, 0.25) is 5.91 Å². The van der Waals surface area contributed by atoms with Crippen LogP contribution < -0.4 is 0 Å². The number of methoxy groups -OCH3 is 1. The van der Waals surface area contributed by atoms with Crippen molar-refractivity contribution in [3.63, 3.8) is 0 Å². The third-order valence-electron chi connectivity index (χ3n) is 3.95. The van der Waals surface area contributed by atoms with Crippen molar-refractivity contribution in [2.24, 2.45) is 5.92 Å². The van der Waals surface area contributed by atoms with E-state index >= 15 is 0 Å². The van der Waals surface area contributed by atoms with Gasteiger partial charge in [0.15, 0.2) is 0 Å². The molecule has 1 aliphatic rings. The Morgan fingerprint density at radius 2 is 2.24 bits per heavy atom. The highest BCUT2D eigenvalue weighted by atomic mass is 16.5. The van der Waals surface area contributed by atoms with Gasteiger partial charge in [-0.25, -0.2) is 9.97 Å². The number of hydrogen-bond acceptors (Lipinski definition) is 5. The molecule has 1 amide bonds. The van der Waals surface area contributed by atoms with Crippen LogP contribution in [-0.4, -0.2) is 65.6 Å². The molecule has 1 fully saturated rings. The summed E-state index contributed by atoms with van der Waals surface area (Å²) in [6.07, 6.45) is 4.51. The number of likely N-dealkylation sites (N-methyl/N-ethyl adjacent to an activating group) is 1. The number of carbonyl (C=O) groups excluding carboxylic acids is 1. The van der Waals surface area contributed by atoms with Crippen molar-refractivity contribution in [3.8, 4) is 0 Å². The average Bonchev–Trinajstić information content (AvgIpc) is 2.97. The van der Waals surface area contributed by atoms with Crippen molar-refractivity contribution < 1.29 is 9.53 Å². The molecule has 2 atom stereocenters. The molecule has 0 N–H and O–H groups in total. The van der Waals surface area contributed by atoms with E-state index in [1.54, 1.807) is 19.5 Å². The Morgan fingerprint density at radius 1 is 1.52 bits per heavy atom. The number of carbonyl (C=O) groups is 1. The molecule has 2 heterocycles. The van der Waals surface area contributed by atoms with E-state index < -0.39 is 0 Å². The topological polar surface area (TPSA) is 58.6 Å². The lowest BCUT2D eigenvalue weighted by molar-refractivity contribution is -0.135. The summed E-state index contributed by atoms with van der Waals surface area (Å²) in [6.45, 7) is 4.70. The molecule has 1 aromatic heterocycles. The molecule has 21 heavy (non-hydrogen) atoms. The summed E-state index contributed by atoms with van der Waals surface area (Å²) in [7, 11) is 3.69. The number of hydrogen-bond donors (Lipinski definition) is 0. The summed E-state index contributed by atoms with van der Waals surface area (Å²) in [5, 5.41) is 0. The Bertz CT molecular complexity index is 454. The number of rotatable bonds is 6. The molecule has 1 aliphatic heterocycles. The molecule has 0 aliphatic carbocycles. The van der Waals surface area contributed by atoms with E-state index in [1.165, 1.54) is 0 Å². The lowest BCUT2D eigenvalue weighted by Crippen LogP contribution is -2.39. The molecule has 116 valence electrons. The van der Waals surface area contributed by atoms with Gasteiger partial charge in [-0.2, -0.15) is 0 Å². The number of nitrogens with zero attached hydrogens (tertiary/aromatic N) is 4. The molecule has 2 rings (SSSR count). The molecule has 0 saturated carbocycles. The molecule has 6 nitrogen and oxygen atoms in total. The first-order valence-electron chi connectivity index (χ1n) is 7.35. The van der Waals surface area contributed by atoms with Crippen LogP contribution in [0.4, 0.5) is 0 Å². The van der Waals surface area contributed by atoms with Crippen molar-refractivity contribution in [3.05, 3.63) is 24.3 Å². The average molecular weight is 292 g/mol. The summed E-state index contributed by atoms with van der Waals surface area (Å²) >= 11 is 0. The second-order valence-electron chi connectivity index (χ2n) is 5.66. The largest absolute Gasteiger partial charge is 0.384 e. The molecular formula is C15H24N4O2. The van der Waals surface area contributed by atoms with E-state index in [0.29, 0.717) is 19.2 Å². The third kappa shape index (κ3) is 4.22. The van der Waals surface area contributed by atoms with Gasteiger partial charge in [0, 0.05) is 38.6 Å². The quantitative estimate of drug-likeness (QED) is 0.776. The van der Waals surface area contributed by atoms with Crippen molar-refractivity contribution in [2.75, 3.05) is 33.9 Å². The summed E-state index contributed by atoms with van der Waals surface area (Å²) in [5.74, 6) is 0.928. The van der Waals surface area contributed by atoms with E-state index in [0.717, 1.165) is 25.3 Å². The number of likely N-dealkylation sites (tertiary alicyclic amines) is 1. The summed E-state index contributed by atoms with van der Waals surface area (Å²) < 4.78 is 5.06. The van der Waals surface area contributed by atoms with Crippen LogP contribution in [0.2, 0.25) is 0 Å². The fourth-order valence-electron chi connectivity index (χ4n) is 2.70. The summed E-state index contributed by atoms with van der Waals surface area (Å²) in [4.78, 5) is 24.9. The van der Waals surface area contributed by atoms with Crippen LogP contribution in [0.1, 0.15) is 19.2 Å². The first kappa shape index (κ1) is 15.9. The maximum Gasteiger partial charge on any atom is 0.227 e. The summed E-state index contributed by atoms with van der Waals surface area (Å²) in [6, 6.07) is 2.18. The van der Waals surface area contributed by atoms with Gasteiger partial charge < -0.3 is 9.64 Å². The lowest BCUT2D eigenvalue weighted by atomic mass is 10.1. The molecule has 0 unspecified atom stereocenters. The van der Waals surface area contributed by atoms with Crippen LogP contribution in [0.3, 0.4) is 0 Å². The van der Waals surface area contributed by atoms with Gasteiger partial charge in [0.1, 0.15) is 5.82 Å². The molecule has 6 heteroatoms. The van der Waals surface area contributed by atoms with E-state index in [9.17, 15) is 4.79 Å². The highest BCUT2D eigenvalue weighted by Crippen LogP contribution is 2.18. The maximum absolute atomic E-state index is 12.3. The smallest absolute Gasteiger partial charge is 0.227 e. The van der Waals surface area contributed by atoms with Crippen LogP contribution >= 0.6 is 0 Å². The van der Waals surface area contributed by atoms with Crippen molar-refractivity contribution in [1.82, 2.24) is 19.8 Å². The summed E-state index contributed by atoms with van der Waals surface area (Å²) in [5.41, 5.74) is 0. The fraction of sp³-hybridized carbons (Fsp3) is 0.667. The van der Waals surface area contributed by atoms with Gasteiger partial charge in [-0.05, 0) is 19.5 Å². The van der Waals surface area contributed by atoms with Crippen molar-refractivity contribution >= 4 is 5.91 Å². The van der Waals surface area contributed by atoms with E-state index in [2.05, 4.69) is 21.9 Å². The molecule has 0 aromatic carbocycles. The Morgan fingerprint density at radius 3 is 2.90 bits per heavy atom. The zero-order valence-electron chi connectivity index (χ0n) is 13.0. The van der Waals surface area contributed by atoms with Gasteiger partial charge in [-0.1, -0.05) is 6.92 Å². The Hall–Kier alpha value is -1.53. The normalized spacial score (nSPS) is 20.0. The molecule has 0 spiro atoms. The van der Waals surface area contributed by atoms with Gasteiger partial charge in [-0.3, -0.25) is 9.69 Å². The van der Waals surface area contributed by atoms with Gasteiger partial charge >= 0.3 is 0 Å². The standard InChI is InChI=1S/C15H24N4O2/c1-12(11-21-3)15(20)19-8-5-13(9-19)18(2)10-14-16-6-4-7-17-14/h4,6-7,12-13H,5,8-11H2,1-3H3/t12-,13-/m0/s1. The Kier molecular flexibility index (Phi) is 5.64. The minimum atomic E-state index is -0.0727. The zero-order valence-corrected chi connectivity index (χ0v) is 13.0. The van der Waals surface area contributed by atoms with Gasteiger partial charge in [-0.15, -0.1) is 0 Å². The first-order chi connectivity index (χ1) is 10.1. The SMILES string of the molecule is COC[C@H](C)C(=O)N1CC[C@H](N(C)Cc2ncccn2)C1. The Balaban J connectivity index is 1.85. The van der Waals surface area contributed by atoms with Crippen LogP contribution in [0.15, 0.2) is 18.5 Å². The monoisotopic (exact) mass is 292 g/mol. The molecular weight excluding hydrogens is 268 g/mol. The fourth-order valence-corrected chi connectivity index (χ4v) is 2.70. The predicted molar refractivity (Wildman–Crippen MR) is 79.5 cm³/mol. The minimum Gasteiger partial charge on any atom is -0.384 e. The van der Waals surface area contributed by atoms with E-state index in [-0.39, 0.29) is 11.8 Å². The second kappa shape index (κ2) is 7.47. The predicted octanol–water partition coefficient (Wildman–Crippen LogP) is 0.792. The lowest BCUT2D eigenvalue weighted by Gasteiger charge is -2.25. The molecule has 1 saturated heterocycles. The maximum atomic E-state index is 12.3. The zero-order chi connectivity index (χ0) is 15.2. The van der Waals surface area contributed by atoms with Gasteiger partial charge in [0.25, 0.3) is 0 Å². The first-order valence-corrected chi connectivity index (χ1v) is 7.35. The third-order valence-corrected chi connectivity index (χ3v) is 3.95. The number of aromatic nitrogens is 2. The number of ether oxygens (including phenoxy) is 1. The van der Waals surface area contributed by atoms with Crippen molar-refractivity contribution in [2.45, 2.75) is 25.9 Å².